The minimum Gasteiger partial charge on any atom is -0.300 e. The molecule has 0 radical (unpaired) electrons. The van der Waals surface area contributed by atoms with Gasteiger partial charge in [0.25, 0.3) is 0 Å². The summed E-state index contributed by atoms with van der Waals surface area (Å²) in [5.41, 5.74) is 1.46. The number of Topliss-reactive ketones (excluding diaryl/α,β-unsaturated/α-hetero) is 2. The van der Waals surface area contributed by atoms with Crippen molar-refractivity contribution >= 4 is 21.6 Å². The highest BCUT2D eigenvalue weighted by Crippen LogP contribution is 2.48. The first-order chi connectivity index (χ1) is 14.3. The second kappa shape index (κ2) is 8.08. The number of sulfonamides is 1. The van der Waals surface area contributed by atoms with Crippen LogP contribution in [0.5, 0.6) is 0 Å². The number of nitrogens with zero attached hydrogens (tertiary/aromatic N) is 1. The zero-order valence-electron chi connectivity index (χ0n) is 17.2. The molecule has 1 saturated heterocycles. The molecule has 0 spiro atoms. The zero-order valence-corrected chi connectivity index (χ0v) is 18.0. The molecular formula is C24H27NO4S. The number of rotatable bonds is 5. The van der Waals surface area contributed by atoms with E-state index >= 15 is 0 Å². The lowest BCUT2D eigenvalue weighted by molar-refractivity contribution is -0.126. The normalized spacial score (nSPS) is 25.0. The lowest BCUT2D eigenvalue weighted by Gasteiger charge is -2.50. The van der Waals surface area contributed by atoms with E-state index in [1.807, 2.05) is 18.2 Å². The number of carbonyl (C=O) groups excluding carboxylic acids is 2. The molecule has 2 fully saturated rings. The highest BCUT2D eigenvalue weighted by Gasteiger charge is 2.49. The van der Waals surface area contributed by atoms with Gasteiger partial charge in [0.15, 0.2) is 5.78 Å². The van der Waals surface area contributed by atoms with Crippen molar-refractivity contribution in [1.29, 1.82) is 0 Å². The maximum atomic E-state index is 13.4. The Bertz CT molecular complexity index is 1050. The lowest BCUT2D eigenvalue weighted by Crippen LogP contribution is -2.54. The summed E-state index contributed by atoms with van der Waals surface area (Å²) in [6, 6.07) is 16.3. The molecule has 2 aliphatic rings. The molecule has 1 aliphatic heterocycles. The Balaban J connectivity index is 1.64. The largest absolute Gasteiger partial charge is 0.300 e. The second-order valence-corrected chi connectivity index (χ2v) is 10.6. The third kappa shape index (κ3) is 3.98. The van der Waals surface area contributed by atoms with Crippen LogP contribution in [0.25, 0.3) is 0 Å². The Morgan fingerprint density at radius 1 is 1.10 bits per heavy atom. The Labute approximate surface area is 178 Å². The van der Waals surface area contributed by atoms with Crippen LogP contribution in [0.3, 0.4) is 0 Å². The Morgan fingerprint density at radius 2 is 1.80 bits per heavy atom. The molecule has 0 N–H and O–H groups in total. The van der Waals surface area contributed by atoms with Crippen molar-refractivity contribution < 1.29 is 18.0 Å². The number of fused-ring (bicyclic) bond motifs is 1. The molecule has 1 aliphatic carbocycles. The predicted molar refractivity (Wildman–Crippen MR) is 115 cm³/mol. The minimum absolute atomic E-state index is 0.0894. The summed E-state index contributed by atoms with van der Waals surface area (Å²) in [6.07, 6.45) is 3.27. The number of ketones is 2. The van der Waals surface area contributed by atoms with Crippen molar-refractivity contribution in [3.63, 3.8) is 0 Å². The molecule has 158 valence electrons. The van der Waals surface area contributed by atoms with Gasteiger partial charge in [0.2, 0.25) is 10.0 Å². The molecule has 0 aromatic heterocycles. The van der Waals surface area contributed by atoms with Crippen LogP contribution in [-0.2, 0) is 21.2 Å². The second-order valence-electron chi connectivity index (χ2n) is 8.67. The molecule has 2 atom stereocenters. The molecule has 1 unspecified atom stereocenters. The molecule has 2 aromatic rings. The van der Waals surface area contributed by atoms with Crippen LogP contribution in [0.4, 0.5) is 0 Å². The van der Waals surface area contributed by atoms with Gasteiger partial charge in [-0.15, -0.1) is 0 Å². The Morgan fingerprint density at radius 3 is 2.47 bits per heavy atom. The van der Waals surface area contributed by atoms with Gasteiger partial charge in [0.05, 0.1) is 4.90 Å². The monoisotopic (exact) mass is 425 g/mol. The summed E-state index contributed by atoms with van der Waals surface area (Å²) in [5, 5.41) is 0. The fraction of sp³-hybridized carbons (Fsp3) is 0.417. The van der Waals surface area contributed by atoms with Crippen LogP contribution in [0.15, 0.2) is 59.5 Å². The van der Waals surface area contributed by atoms with Crippen molar-refractivity contribution in [1.82, 2.24) is 4.31 Å². The van der Waals surface area contributed by atoms with Crippen LogP contribution in [0.1, 0.15) is 48.5 Å². The van der Waals surface area contributed by atoms with E-state index in [0.29, 0.717) is 43.7 Å². The first-order valence-electron chi connectivity index (χ1n) is 10.5. The molecular weight excluding hydrogens is 398 g/mol. The zero-order chi connectivity index (χ0) is 21.4. The molecule has 0 amide bonds. The summed E-state index contributed by atoms with van der Waals surface area (Å²) >= 11 is 0. The van der Waals surface area contributed by atoms with Gasteiger partial charge in [-0.1, -0.05) is 42.5 Å². The van der Waals surface area contributed by atoms with E-state index in [0.717, 1.165) is 12.8 Å². The molecule has 5 nitrogen and oxygen atoms in total. The van der Waals surface area contributed by atoms with Crippen LogP contribution >= 0.6 is 0 Å². The van der Waals surface area contributed by atoms with Gasteiger partial charge in [0, 0.05) is 31.5 Å². The van der Waals surface area contributed by atoms with Gasteiger partial charge in [-0.05, 0) is 55.2 Å². The number of carbonyl (C=O) groups is 2. The fourth-order valence-corrected chi connectivity index (χ4v) is 6.59. The summed E-state index contributed by atoms with van der Waals surface area (Å²) in [7, 11) is -3.66. The van der Waals surface area contributed by atoms with Crippen LogP contribution in [0.2, 0.25) is 0 Å². The predicted octanol–water partition coefficient (Wildman–Crippen LogP) is 3.88. The van der Waals surface area contributed by atoms with Gasteiger partial charge in [-0.3, -0.25) is 9.59 Å². The standard InChI is InChI=1S/C24H27NO4S/c1-18(26)20-7-9-23(10-8-20)30(28,29)25-14-12-21-15-22(27)11-13-24(21,17-25)16-19-5-3-2-4-6-19/h2-10,21H,11-17H2,1H3/t21?,24-/m0/s1. The minimum atomic E-state index is -3.66. The van der Waals surface area contributed by atoms with E-state index in [1.165, 1.54) is 24.6 Å². The number of hydrogen-bond acceptors (Lipinski definition) is 4. The molecule has 1 heterocycles. The van der Waals surface area contributed by atoms with Gasteiger partial charge in [0.1, 0.15) is 5.78 Å². The van der Waals surface area contributed by atoms with Crippen molar-refractivity contribution in [3.8, 4) is 0 Å². The van der Waals surface area contributed by atoms with Gasteiger partial charge in [-0.25, -0.2) is 8.42 Å². The van der Waals surface area contributed by atoms with E-state index in [-0.39, 0.29) is 22.0 Å². The quantitative estimate of drug-likeness (QED) is 0.682. The maximum absolute atomic E-state index is 13.4. The number of benzene rings is 2. The van der Waals surface area contributed by atoms with E-state index in [1.54, 1.807) is 16.4 Å². The fourth-order valence-electron chi connectivity index (χ4n) is 5.04. The van der Waals surface area contributed by atoms with Crippen molar-refractivity contribution in [3.05, 3.63) is 65.7 Å². The van der Waals surface area contributed by atoms with E-state index in [2.05, 4.69) is 12.1 Å². The summed E-state index contributed by atoms with van der Waals surface area (Å²) in [6.45, 7) is 2.31. The number of hydrogen-bond donors (Lipinski definition) is 0. The summed E-state index contributed by atoms with van der Waals surface area (Å²) < 4.78 is 28.3. The molecule has 2 aromatic carbocycles. The highest BCUT2D eigenvalue weighted by molar-refractivity contribution is 7.89. The molecule has 30 heavy (non-hydrogen) atoms. The molecule has 1 saturated carbocycles. The van der Waals surface area contributed by atoms with Gasteiger partial charge in [-0.2, -0.15) is 4.31 Å². The Kier molecular flexibility index (Phi) is 5.64. The van der Waals surface area contributed by atoms with Crippen LogP contribution in [0, 0.1) is 11.3 Å². The molecule has 0 bridgehead atoms. The van der Waals surface area contributed by atoms with Gasteiger partial charge >= 0.3 is 0 Å². The SMILES string of the molecule is CC(=O)c1ccc(S(=O)(=O)N2CCC3CC(=O)CC[C@]3(Cc3ccccc3)C2)cc1. The summed E-state index contributed by atoms with van der Waals surface area (Å²) in [4.78, 5) is 23.9. The van der Waals surface area contributed by atoms with Crippen LogP contribution < -0.4 is 0 Å². The van der Waals surface area contributed by atoms with E-state index in [4.69, 9.17) is 0 Å². The summed E-state index contributed by atoms with van der Waals surface area (Å²) in [5.74, 6) is 0.416. The highest BCUT2D eigenvalue weighted by atomic mass is 32.2. The van der Waals surface area contributed by atoms with Crippen molar-refractivity contribution in [2.75, 3.05) is 13.1 Å². The third-order valence-electron chi connectivity index (χ3n) is 6.76. The lowest BCUT2D eigenvalue weighted by atomic mass is 9.60. The first-order valence-corrected chi connectivity index (χ1v) is 11.9. The first kappa shape index (κ1) is 20.9. The van der Waals surface area contributed by atoms with E-state index in [9.17, 15) is 18.0 Å². The van der Waals surface area contributed by atoms with Crippen molar-refractivity contribution in [2.24, 2.45) is 11.3 Å². The van der Waals surface area contributed by atoms with Gasteiger partial charge < -0.3 is 0 Å². The topological polar surface area (TPSA) is 71.5 Å². The maximum Gasteiger partial charge on any atom is 0.243 e. The van der Waals surface area contributed by atoms with E-state index < -0.39 is 10.0 Å². The molecule has 6 heteroatoms. The Hall–Kier alpha value is -2.31. The average molecular weight is 426 g/mol. The molecule has 4 rings (SSSR count). The number of piperidine rings is 1. The smallest absolute Gasteiger partial charge is 0.243 e. The third-order valence-corrected chi connectivity index (χ3v) is 8.62. The van der Waals surface area contributed by atoms with Crippen molar-refractivity contribution in [2.45, 2.75) is 43.9 Å². The van der Waals surface area contributed by atoms with Crippen LogP contribution in [-0.4, -0.2) is 37.4 Å². The average Bonchev–Trinajstić information content (AvgIpc) is 2.74.